The number of unbranched alkanes of at least 4 members (excludes halogenated alkanes) is 1. The molecule has 3 nitrogen and oxygen atoms in total. The van der Waals surface area contributed by atoms with Crippen LogP contribution in [0.15, 0.2) is 52.9 Å². The van der Waals surface area contributed by atoms with Gasteiger partial charge in [0, 0.05) is 24.3 Å². The van der Waals surface area contributed by atoms with Gasteiger partial charge in [-0.3, -0.25) is 4.79 Å². The summed E-state index contributed by atoms with van der Waals surface area (Å²) in [6.07, 6.45) is 2.87. The van der Waals surface area contributed by atoms with E-state index in [2.05, 4.69) is 17.4 Å². The smallest absolute Gasteiger partial charge is 0.416 e. The van der Waals surface area contributed by atoms with Gasteiger partial charge >= 0.3 is 6.18 Å². The van der Waals surface area contributed by atoms with E-state index >= 15 is 0 Å². The molecule has 1 aromatic heterocycles. The van der Waals surface area contributed by atoms with Crippen LogP contribution < -0.4 is 5.32 Å². The molecular formula is C26H28F3NO2. The number of carbonyl (C=O) groups is 1. The molecular weight excluding hydrogens is 415 g/mol. The SMILES string of the molecule is O=C(NCCCc1cccc2oc(CCCCc3ccc(C(F)(F)F)cc3)cc12)C1CC1. The average Bonchev–Trinajstić information content (AvgIpc) is 3.53. The molecule has 32 heavy (non-hydrogen) atoms. The Labute approximate surface area is 186 Å². The van der Waals surface area contributed by atoms with Crippen LogP contribution in [0.2, 0.25) is 0 Å². The van der Waals surface area contributed by atoms with Crippen LogP contribution >= 0.6 is 0 Å². The molecule has 1 saturated carbocycles. The first-order valence-electron chi connectivity index (χ1n) is 11.3. The lowest BCUT2D eigenvalue weighted by atomic mass is 10.0. The van der Waals surface area contributed by atoms with Gasteiger partial charge in [-0.25, -0.2) is 0 Å². The summed E-state index contributed by atoms with van der Waals surface area (Å²) in [6, 6.07) is 13.6. The Kier molecular flexibility index (Phi) is 6.87. The van der Waals surface area contributed by atoms with Gasteiger partial charge in [-0.1, -0.05) is 24.3 Å². The molecule has 0 spiro atoms. The maximum absolute atomic E-state index is 12.7. The summed E-state index contributed by atoms with van der Waals surface area (Å²) in [4.78, 5) is 11.7. The van der Waals surface area contributed by atoms with Crippen molar-refractivity contribution in [3.63, 3.8) is 0 Å². The third kappa shape index (κ3) is 5.93. The van der Waals surface area contributed by atoms with E-state index in [-0.39, 0.29) is 11.8 Å². The van der Waals surface area contributed by atoms with Crippen molar-refractivity contribution in [2.24, 2.45) is 5.92 Å². The topological polar surface area (TPSA) is 42.2 Å². The van der Waals surface area contributed by atoms with Gasteiger partial charge in [0.25, 0.3) is 0 Å². The van der Waals surface area contributed by atoms with Crippen molar-refractivity contribution in [3.8, 4) is 0 Å². The second kappa shape index (κ2) is 9.80. The van der Waals surface area contributed by atoms with Gasteiger partial charge in [0.2, 0.25) is 5.91 Å². The fourth-order valence-electron chi connectivity index (χ4n) is 3.98. The van der Waals surface area contributed by atoms with Crippen molar-refractivity contribution in [3.05, 3.63) is 71.0 Å². The third-order valence-corrected chi connectivity index (χ3v) is 5.99. The first kappa shape index (κ1) is 22.4. The van der Waals surface area contributed by atoms with Crippen molar-refractivity contribution in [1.29, 1.82) is 0 Å². The Hall–Kier alpha value is -2.76. The lowest BCUT2D eigenvalue weighted by Gasteiger charge is -2.07. The standard InChI is InChI=1S/C26H28F3NO2/c27-26(28,29)21-14-10-18(11-15-21)5-1-2-8-22-17-23-19(6-3-9-24(23)32-22)7-4-16-30-25(31)20-12-13-20/h3,6,9-11,14-15,17,20H,1-2,4-5,7-8,12-13,16H2,(H,30,31). The van der Waals surface area contributed by atoms with Gasteiger partial charge in [-0.15, -0.1) is 0 Å². The first-order valence-corrected chi connectivity index (χ1v) is 11.3. The highest BCUT2D eigenvalue weighted by molar-refractivity contribution is 5.82. The minimum absolute atomic E-state index is 0.185. The van der Waals surface area contributed by atoms with Gasteiger partial charge in [0.15, 0.2) is 0 Å². The number of rotatable bonds is 10. The Bertz CT molecular complexity index is 1050. The Balaban J connectivity index is 1.24. The quantitative estimate of drug-likeness (QED) is 0.365. The summed E-state index contributed by atoms with van der Waals surface area (Å²) in [5, 5.41) is 4.13. The van der Waals surface area contributed by atoms with Crippen LogP contribution in [0.1, 0.15) is 54.6 Å². The number of hydrogen-bond acceptors (Lipinski definition) is 2. The van der Waals surface area contributed by atoms with Crippen molar-refractivity contribution < 1.29 is 22.4 Å². The van der Waals surface area contributed by atoms with Crippen molar-refractivity contribution in [2.75, 3.05) is 6.54 Å². The second-order valence-electron chi connectivity index (χ2n) is 8.61. The van der Waals surface area contributed by atoms with E-state index in [1.807, 2.05) is 12.1 Å². The number of halogens is 3. The molecule has 3 aromatic rings. The Morgan fingerprint density at radius 1 is 0.969 bits per heavy atom. The predicted molar refractivity (Wildman–Crippen MR) is 118 cm³/mol. The summed E-state index contributed by atoms with van der Waals surface area (Å²) in [5.41, 5.74) is 2.41. The summed E-state index contributed by atoms with van der Waals surface area (Å²) < 4.78 is 44.0. The van der Waals surface area contributed by atoms with Crippen LogP contribution in [-0.2, 0) is 30.2 Å². The van der Waals surface area contributed by atoms with Crippen molar-refractivity contribution in [2.45, 2.75) is 57.5 Å². The largest absolute Gasteiger partial charge is 0.461 e. The van der Waals surface area contributed by atoms with E-state index in [4.69, 9.17) is 4.42 Å². The molecule has 0 aliphatic heterocycles. The van der Waals surface area contributed by atoms with E-state index in [1.54, 1.807) is 12.1 Å². The maximum Gasteiger partial charge on any atom is 0.416 e. The van der Waals surface area contributed by atoms with Crippen LogP contribution in [0, 0.1) is 5.92 Å². The van der Waals surface area contributed by atoms with E-state index < -0.39 is 11.7 Å². The number of nitrogens with one attached hydrogen (secondary N) is 1. The molecule has 1 aliphatic rings. The van der Waals surface area contributed by atoms with Crippen LogP contribution in [0.5, 0.6) is 0 Å². The lowest BCUT2D eigenvalue weighted by molar-refractivity contribution is -0.137. The summed E-state index contributed by atoms with van der Waals surface area (Å²) in [6.45, 7) is 0.695. The molecule has 1 fully saturated rings. The van der Waals surface area contributed by atoms with E-state index in [0.29, 0.717) is 6.54 Å². The monoisotopic (exact) mass is 443 g/mol. The number of furan rings is 1. The molecule has 1 aliphatic carbocycles. The molecule has 1 amide bonds. The number of benzene rings is 2. The van der Waals surface area contributed by atoms with Gasteiger partial charge in [-0.2, -0.15) is 13.2 Å². The molecule has 0 bridgehead atoms. The summed E-state index contributed by atoms with van der Waals surface area (Å²) in [5.74, 6) is 1.36. The lowest BCUT2D eigenvalue weighted by Crippen LogP contribution is -2.26. The normalized spacial score (nSPS) is 14.1. The van der Waals surface area contributed by atoms with Crippen LogP contribution in [0.3, 0.4) is 0 Å². The molecule has 1 N–H and O–H groups in total. The fourth-order valence-corrected chi connectivity index (χ4v) is 3.98. The molecule has 170 valence electrons. The molecule has 2 aromatic carbocycles. The number of fused-ring (bicyclic) bond motifs is 1. The van der Waals surface area contributed by atoms with Crippen LogP contribution in [0.4, 0.5) is 13.2 Å². The van der Waals surface area contributed by atoms with E-state index in [0.717, 1.165) is 85.8 Å². The predicted octanol–water partition coefficient (Wildman–Crippen LogP) is 6.48. The number of carbonyl (C=O) groups excluding carboxylic acids is 1. The maximum atomic E-state index is 12.7. The molecule has 0 atom stereocenters. The van der Waals surface area contributed by atoms with Crippen LogP contribution in [-0.4, -0.2) is 12.5 Å². The van der Waals surface area contributed by atoms with Gasteiger partial charge in [0.1, 0.15) is 11.3 Å². The number of alkyl halides is 3. The number of amides is 1. The highest BCUT2D eigenvalue weighted by Gasteiger charge is 2.30. The van der Waals surface area contributed by atoms with E-state index in [1.165, 1.54) is 5.56 Å². The summed E-state index contributed by atoms with van der Waals surface area (Å²) >= 11 is 0. The highest BCUT2D eigenvalue weighted by Crippen LogP contribution is 2.30. The zero-order valence-electron chi connectivity index (χ0n) is 18.0. The molecule has 0 saturated heterocycles. The zero-order valence-corrected chi connectivity index (χ0v) is 18.0. The van der Waals surface area contributed by atoms with Crippen molar-refractivity contribution in [1.82, 2.24) is 5.32 Å². The Morgan fingerprint density at radius 2 is 1.72 bits per heavy atom. The van der Waals surface area contributed by atoms with Gasteiger partial charge in [-0.05, 0) is 80.3 Å². The minimum atomic E-state index is -4.29. The molecule has 0 radical (unpaired) electrons. The average molecular weight is 444 g/mol. The molecule has 6 heteroatoms. The molecule has 4 rings (SSSR count). The van der Waals surface area contributed by atoms with E-state index in [9.17, 15) is 18.0 Å². The highest BCUT2D eigenvalue weighted by atomic mass is 19.4. The molecule has 1 heterocycles. The van der Waals surface area contributed by atoms with Crippen LogP contribution in [0.25, 0.3) is 11.0 Å². The number of aryl methyl sites for hydroxylation is 3. The fraction of sp³-hybridized carbons (Fsp3) is 0.423. The second-order valence-corrected chi connectivity index (χ2v) is 8.61. The Morgan fingerprint density at radius 3 is 2.44 bits per heavy atom. The number of hydrogen-bond donors (Lipinski definition) is 1. The van der Waals surface area contributed by atoms with Crippen molar-refractivity contribution >= 4 is 16.9 Å². The van der Waals surface area contributed by atoms with Gasteiger partial charge in [0.05, 0.1) is 5.56 Å². The third-order valence-electron chi connectivity index (χ3n) is 5.99. The van der Waals surface area contributed by atoms with Gasteiger partial charge < -0.3 is 9.73 Å². The first-order chi connectivity index (χ1) is 15.4. The minimum Gasteiger partial charge on any atom is -0.461 e. The summed E-state index contributed by atoms with van der Waals surface area (Å²) in [7, 11) is 0. The molecule has 0 unspecified atom stereocenters. The zero-order chi connectivity index (χ0) is 22.6.